The molecule has 0 aromatic heterocycles. The second kappa shape index (κ2) is 3.58. The molecule has 0 heterocycles. The Labute approximate surface area is 68.1 Å². The van der Waals surface area contributed by atoms with Crippen molar-refractivity contribution in [2.45, 2.75) is 0 Å². The first-order valence-corrected chi connectivity index (χ1v) is 6.42. The van der Waals surface area contributed by atoms with Crippen molar-refractivity contribution in [2.24, 2.45) is 0 Å². The van der Waals surface area contributed by atoms with Crippen LogP contribution < -0.4 is 0 Å². The van der Waals surface area contributed by atoms with Crippen molar-refractivity contribution in [1.29, 1.82) is 0 Å². The van der Waals surface area contributed by atoms with Crippen LogP contribution in [0, 0.1) is 0 Å². The summed E-state index contributed by atoms with van der Waals surface area (Å²) in [4.78, 5) is 27.4. The molecule has 5 nitrogen and oxygen atoms in total. The molecular formula is C4H15NO4P2. The average molecular weight is 203 g/mol. The van der Waals surface area contributed by atoms with Crippen LogP contribution in [0.1, 0.15) is 0 Å². The molecule has 4 N–H and O–H groups in total. The van der Waals surface area contributed by atoms with Gasteiger partial charge in [0.15, 0.2) is 0 Å². The quantitative estimate of drug-likeness (QED) is 0.437. The monoisotopic (exact) mass is 203 g/mol. The molecule has 1 atom stereocenters. The maximum absolute atomic E-state index is 9.12. The zero-order valence-electron chi connectivity index (χ0n) is 6.38. The number of aliphatic hydroxyl groups excluding tert-OH is 1. The molecule has 11 heavy (non-hydrogen) atoms. The van der Waals surface area contributed by atoms with Gasteiger partial charge in [-0.25, -0.2) is 0 Å². The number of aliphatic hydroxyl groups is 1. The number of rotatable bonds is 4. The van der Waals surface area contributed by atoms with E-state index in [-0.39, 0.29) is 19.4 Å². The Bertz CT molecular complexity index is 125. The van der Waals surface area contributed by atoms with E-state index in [0.717, 1.165) is 11.3 Å². The molecule has 70 valence electrons. The molecule has 0 aromatic rings. The molecule has 0 fully saturated rings. The third kappa shape index (κ3) is 4.28. The first-order valence-electron chi connectivity index (χ1n) is 3.10. The molecule has 0 aromatic carbocycles. The van der Waals surface area contributed by atoms with E-state index >= 15 is 0 Å². The fourth-order valence-corrected chi connectivity index (χ4v) is 2.90. The van der Waals surface area contributed by atoms with E-state index in [1.54, 1.807) is 0 Å². The molecule has 0 spiro atoms. The predicted octanol–water partition coefficient (Wildman–Crippen LogP) is -1.07. The zero-order valence-corrected chi connectivity index (χ0v) is 8.43. The van der Waals surface area contributed by atoms with E-state index in [4.69, 9.17) is 19.8 Å². The number of hydrogen-bond donors (Lipinski definition) is 4. The maximum atomic E-state index is 9.12. The SMILES string of the molecule is CP(O)(O)(O)N(CP)CCO. The molecule has 0 aliphatic rings. The third-order valence-corrected chi connectivity index (χ3v) is 3.67. The summed E-state index contributed by atoms with van der Waals surface area (Å²) in [5, 5.41) is 8.48. The van der Waals surface area contributed by atoms with Crippen LogP contribution in [-0.2, 0) is 0 Å². The first-order chi connectivity index (χ1) is 4.78. The second-order valence-corrected chi connectivity index (χ2v) is 6.08. The van der Waals surface area contributed by atoms with E-state index in [2.05, 4.69) is 9.24 Å². The Morgan fingerprint density at radius 1 is 1.36 bits per heavy atom. The van der Waals surface area contributed by atoms with Crippen molar-refractivity contribution in [2.75, 3.05) is 26.1 Å². The van der Waals surface area contributed by atoms with E-state index in [1.165, 1.54) is 0 Å². The van der Waals surface area contributed by atoms with Crippen LogP contribution in [0.3, 0.4) is 0 Å². The van der Waals surface area contributed by atoms with Gasteiger partial charge in [-0.3, -0.25) is 0 Å². The Kier molecular flexibility index (Phi) is 3.80. The predicted molar refractivity (Wildman–Crippen MR) is 47.9 cm³/mol. The van der Waals surface area contributed by atoms with Gasteiger partial charge in [0.2, 0.25) is 0 Å². The van der Waals surface area contributed by atoms with Gasteiger partial charge in [0.25, 0.3) is 0 Å². The van der Waals surface area contributed by atoms with E-state index in [0.29, 0.717) is 0 Å². The van der Waals surface area contributed by atoms with Crippen LogP contribution in [0.2, 0.25) is 0 Å². The molecular weight excluding hydrogens is 188 g/mol. The van der Waals surface area contributed by atoms with Crippen LogP contribution >= 0.6 is 16.7 Å². The second-order valence-electron chi connectivity index (χ2n) is 2.47. The summed E-state index contributed by atoms with van der Waals surface area (Å²) >= 11 is 0. The summed E-state index contributed by atoms with van der Waals surface area (Å²) in [6, 6.07) is 0. The molecule has 0 aliphatic heterocycles. The Balaban J connectivity index is 4.25. The van der Waals surface area contributed by atoms with Gasteiger partial charge in [-0.2, -0.15) is 0 Å². The van der Waals surface area contributed by atoms with Gasteiger partial charge in [0.1, 0.15) is 0 Å². The van der Waals surface area contributed by atoms with Crippen LogP contribution in [0.5, 0.6) is 0 Å². The van der Waals surface area contributed by atoms with Crippen molar-refractivity contribution >= 4 is 16.7 Å². The van der Waals surface area contributed by atoms with Gasteiger partial charge in [-0.05, 0) is 0 Å². The fraction of sp³-hybridized carbons (Fsp3) is 1.00. The van der Waals surface area contributed by atoms with Crippen molar-refractivity contribution in [1.82, 2.24) is 4.67 Å². The standard InChI is InChI=1S/C4H15NO4P2/c1-11(7,8,9)5(4-10)2-3-6/h6-9H,2-4,10H2,1H3. The van der Waals surface area contributed by atoms with Crippen molar-refractivity contribution in [3.63, 3.8) is 0 Å². The van der Waals surface area contributed by atoms with Crippen LogP contribution in [0.4, 0.5) is 0 Å². The zero-order chi connectivity index (χ0) is 9.15. The molecule has 0 rings (SSSR count). The summed E-state index contributed by atoms with van der Waals surface area (Å²) in [6.45, 7) is 0.786. The van der Waals surface area contributed by atoms with Gasteiger partial charge < -0.3 is 0 Å². The Morgan fingerprint density at radius 3 is 1.91 bits per heavy atom. The summed E-state index contributed by atoms with van der Waals surface area (Å²) in [5.41, 5.74) is 0. The van der Waals surface area contributed by atoms with Gasteiger partial charge in [0.05, 0.1) is 0 Å². The average Bonchev–Trinajstić information content (AvgIpc) is 1.78. The minimum absolute atomic E-state index is 0.0430. The van der Waals surface area contributed by atoms with Crippen molar-refractivity contribution in [3.8, 4) is 0 Å². The summed E-state index contributed by atoms with van der Waals surface area (Å²) in [6.07, 6.45) is 0.207. The molecule has 0 bridgehead atoms. The molecule has 1 unspecified atom stereocenters. The van der Waals surface area contributed by atoms with Crippen molar-refractivity contribution < 1.29 is 19.8 Å². The summed E-state index contributed by atoms with van der Waals surface area (Å²) in [5.74, 6) is 0. The molecule has 0 saturated heterocycles. The summed E-state index contributed by atoms with van der Waals surface area (Å²) < 4.78 is 1.02. The molecule has 0 aliphatic carbocycles. The van der Waals surface area contributed by atoms with Crippen molar-refractivity contribution in [3.05, 3.63) is 0 Å². The Hall–Kier alpha value is 0.660. The van der Waals surface area contributed by atoms with Gasteiger partial charge in [-0.15, -0.1) is 0 Å². The third-order valence-electron chi connectivity index (χ3n) is 1.23. The van der Waals surface area contributed by atoms with Gasteiger partial charge in [0, 0.05) is 0 Å². The molecule has 0 saturated carbocycles. The fourth-order valence-electron chi connectivity index (χ4n) is 0.632. The molecule has 0 amide bonds. The van der Waals surface area contributed by atoms with E-state index < -0.39 is 7.43 Å². The van der Waals surface area contributed by atoms with Gasteiger partial charge in [-0.1, -0.05) is 0 Å². The Morgan fingerprint density at radius 2 is 1.82 bits per heavy atom. The molecule has 0 radical (unpaired) electrons. The topological polar surface area (TPSA) is 84.2 Å². The number of nitrogens with zero attached hydrogens (tertiary/aromatic N) is 1. The van der Waals surface area contributed by atoms with Gasteiger partial charge >= 0.3 is 67.2 Å². The number of hydrogen-bond acceptors (Lipinski definition) is 5. The summed E-state index contributed by atoms with van der Waals surface area (Å²) in [7, 11) is -2.37. The first kappa shape index (κ1) is 11.7. The van der Waals surface area contributed by atoms with E-state index in [1.807, 2.05) is 0 Å². The normalized spacial score (nSPS) is 16.5. The van der Waals surface area contributed by atoms with Crippen LogP contribution in [0.15, 0.2) is 0 Å². The minimum atomic E-state index is -4.61. The van der Waals surface area contributed by atoms with Crippen LogP contribution in [0.25, 0.3) is 0 Å². The molecule has 7 heteroatoms. The van der Waals surface area contributed by atoms with E-state index in [9.17, 15) is 0 Å². The van der Waals surface area contributed by atoms with Crippen LogP contribution in [-0.4, -0.2) is 50.6 Å².